The SMILES string of the molecule is CCCCCCCCCCCCCCCCCc1n(CC)cc[n+]1CCC. The molecule has 2 heteroatoms. The third-order valence-corrected chi connectivity index (χ3v) is 5.90. The lowest BCUT2D eigenvalue weighted by molar-refractivity contribution is -0.703. The molecule has 0 spiro atoms. The topological polar surface area (TPSA) is 8.81 Å². The maximum atomic E-state index is 2.47. The van der Waals surface area contributed by atoms with Crippen LogP contribution in [-0.2, 0) is 19.5 Å². The van der Waals surface area contributed by atoms with E-state index in [1.807, 2.05) is 0 Å². The highest BCUT2D eigenvalue weighted by Crippen LogP contribution is 2.14. The molecular weight excluding hydrogens is 328 g/mol. The zero-order valence-electron chi connectivity index (χ0n) is 19.0. The summed E-state index contributed by atoms with van der Waals surface area (Å²) in [7, 11) is 0. The van der Waals surface area contributed by atoms with Gasteiger partial charge in [-0.2, -0.15) is 0 Å². The van der Waals surface area contributed by atoms with Crippen molar-refractivity contribution in [3.05, 3.63) is 18.2 Å². The van der Waals surface area contributed by atoms with Crippen LogP contribution < -0.4 is 4.57 Å². The van der Waals surface area contributed by atoms with Gasteiger partial charge in [0, 0.05) is 6.42 Å². The van der Waals surface area contributed by atoms with E-state index >= 15 is 0 Å². The van der Waals surface area contributed by atoms with Gasteiger partial charge >= 0.3 is 0 Å². The van der Waals surface area contributed by atoms with E-state index in [-0.39, 0.29) is 0 Å². The molecule has 0 N–H and O–H groups in total. The molecule has 0 atom stereocenters. The van der Waals surface area contributed by atoms with Gasteiger partial charge in [0.1, 0.15) is 12.4 Å². The molecule has 0 aliphatic heterocycles. The van der Waals surface area contributed by atoms with Crippen LogP contribution in [0, 0.1) is 0 Å². The summed E-state index contributed by atoms with van der Waals surface area (Å²) in [5, 5.41) is 0. The van der Waals surface area contributed by atoms with Gasteiger partial charge in [-0.15, -0.1) is 0 Å². The highest BCUT2D eigenvalue weighted by molar-refractivity contribution is 4.83. The van der Waals surface area contributed by atoms with Crippen LogP contribution in [0.4, 0.5) is 0 Å². The van der Waals surface area contributed by atoms with E-state index in [0.717, 1.165) is 6.54 Å². The molecule has 0 saturated carbocycles. The van der Waals surface area contributed by atoms with Crippen LogP contribution in [0.15, 0.2) is 12.4 Å². The fourth-order valence-corrected chi connectivity index (χ4v) is 4.17. The number of nitrogens with zero attached hydrogens (tertiary/aromatic N) is 2. The highest BCUT2D eigenvalue weighted by Gasteiger charge is 2.14. The molecule has 0 aliphatic rings. The smallest absolute Gasteiger partial charge is 0.235 e. The first-order chi connectivity index (χ1) is 13.3. The third kappa shape index (κ3) is 11.6. The Bertz CT molecular complexity index is 436. The molecule has 1 aromatic rings. The van der Waals surface area contributed by atoms with Crippen molar-refractivity contribution in [2.75, 3.05) is 0 Å². The normalized spacial score (nSPS) is 11.4. The number of hydrogen-bond donors (Lipinski definition) is 0. The summed E-state index contributed by atoms with van der Waals surface area (Å²) in [6.45, 7) is 9.10. The average molecular weight is 378 g/mol. The second-order valence-corrected chi connectivity index (χ2v) is 8.39. The second kappa shape index (κ2) is 17.3. The second-order valence-electron chi connectivity index (χ2n) is 8.39. The number of aromatic nitrogens is 2. The maximum absolute atomic E-state index is 2.47. The molecule has 0 fully saturated rings. The van der Waals surface area contributed by atoms with Crippen LogP contribution in [0.5, 0.6) is 0 Å². The Labute approximate surface area is 170 Å². The van der Waals surface area contributed by atoms with Crippen molar-refractivity contribution in [3.63, 3.8) is 0 Å². The van der Waals surface area contributed by atoms with Gasteiger partial charge in [0.2, 0.25) is 0 Å². The summed E-state index contributed by atoms with van der Waals surface area (Å²) < 4.78 is 4.90. The summed E-state index contributed by atoms with van der Waals surface area (Å²) >= 11 is 0. The van der Waals surface area contributed by atoms with Gasteiger partial charge in [-0.3, -0.25) is 0 Å². The van der Waals surface area contributed by atoms with Crippen LogP contribution in [0.3, 0.4) is 0 Å². The summed E-state index contributed by atoms with van der Waals surface area (Å²) in [6.07, 6.45) is 28.6. The zero-order valence-corrected chi connectivity index (χ0v) is 19.0. The first-order valence-corrected chi connectivity index (χ1v) is 12.4. The highest BCUT2D eigenvalue weighted by atomic mass is 15.1. The first kappa shape index (κ1) is 24.2. The van der Waals surface area contributed by atoms with Crippen LogP contribution in [-0.4, -0.2) is 4.57 Å². The number of imidazole rings is 1. The van der Waals surface area contributed by atoms with Gasteiger partial charge in [0.15, 0.2) is 0 Å². The Balaban J connectivity index is 1.92. The summed E-state index contributed by atoms with van der Waals surface area (Å²) in [6, 6.07) is 0. The van der Waals surface area contributed by atoms with Crippen LogP contribution in [0.25, 0.3) is 0 Å². The predicted molar refractivity (Wildman–Crippen MR) is 119 cm³/mol. The minimum absolute atomic E-state index is 1.10. The minimum atomic E-state index is 1.10. The summed E-state index contributed by atoms with van der Waals surface area (Å²) in [5.74, 6) is 1.54. The van der Waals surface area contributed by atoms with Crippen LogP contribution in [0.1, 0.15) is 129 Å². The lowest BCUT2D eigenvalue weighted by Crippen LogP contribution is -2.37. The molecule has 0 radical (unpaired) electrons. The standard InChI is InChI=1S/C25H49N2/c1-4-7-8-9-10-11-12-13-14-15-16-17-18-19-20-21-25-26(6-3)23-24-27(25)22-5-2/h23-24H,4-22H2,1-3H3/q+1. The molecule has 1 heterocycles. The van der Waals surface area contributed by atoms with Gasteiger partial charge in [0.25, 0.3) is 5.82 Å². The van der Waals surface area contributed by atoms with Crippen molar-refractivity contribution in [2.45, 2.75) is 143 Å². The number of unbranched alkanes of at least 4 members (excludes halogenated alkanes) is 14. The van der Waals surface area contributed by atoms with Crippen molar-refractivity contribution in [1.29, 1.82) is 0 Å². The first-order valence-electron chi connectivity index (χ1n) is 12.4. The molecule has 0 aromatic carbocycles. The van der Waals surface area contributed by atoms with Gasteiger partial charge in [0.05, 0.1) is 13.1 Å². The quantitative estimate of drug-likeness (QED) is 0.173. The number of hydrogen-bond acceptors (Lipinski definition) is 0. The average Bonchev–Trinajstić information content (AvgIpc) is 3.07. The lowest BCUT2D eigenvalue weighted by atomic mass is 10.0. The molecule has 0 bridgehead atoms. The van der Waals surface area contributed by atoms with Crippen LogP contribution in [0.2, 0.25) is 0 Å². The van der Waals surface area contributed by atoms with Crippen molar-refractivity contribution in [2.24, 2.45) is 0 Å². The molecule has 0 saturated heterocycles. The van der Waals surface area contributed by atoms with Crippen LogP contribution >= 0.6 is 0 Å². The van der Waals surface area contributed by atoms with E-state index in [0.29, 0.717) is 0 Å². The van der Waals surface area contributed by atoms with Gasteiger partial charge < -0.3 is 0 Å². The Morgan fingerprint density at radius 1 is 0.630 bits per heavy atom. The summed E-state index contributed by atoms with van der Waals surface area (Å²) in [5.41, 5.74) is 0. The molecule has 1 aromatic heterocycles. The third-order valence-electron chi connectivity index (χ3n) is 5.90. The number of rotatable bonds is 19. The number of aryl methyl sites for hydroxylation is 2. The van der Waals surface area contributed by atoms with E-state index in [1.165, 1.54) is 122 Å². The fourth-order valence-electron chi connectivity index (χ4n) is 4.17. The lowest BCUT2D eigenvalue weighted by Gasteiger charge is -2.05. The molecule has 0 unspecified atom stereocenters. The van der Waals surface area contributed by atoms with Gasteiger partial charge in [-0.25, -0.2) is 9.13 Å². The van der Waals surface area contributed by atoms with E-state index in [2.05, 4.69) is 42.3 Å². The minimum Gasteiger partial charge on any atom is -0.235 e. The van der Waals surface area contributed by atoms with Crippen molar-refractivity contribution in [3.8, 4) is 0 Å². The molecule has 1 rings (SSSR count). The van der Waals surface area contributed by atoms with Crippen molar-refractivity contribution >= 4 is 0 Å². The Morgan fingerprint density at radius 2 is 1.11 bits per heavy atom. The predicted octanol–water partition coefficient (Wildman–Crippen LogP) is 7.62. The molecular formula is C25H49N2+. The van der Waals surface area contributed by atoms with E-state index in [1.54, 1.807) is 0 Å². The van der Waals surface area contributed by atoms with E-state index < -0.39 is 0 Å². The fraction of sp³-hybridized carbons (Fsp3) is 0.880. The summed E-state index contributed by atoms with van der Waals surface area (Å²) in [4.78, 5) is 0. The van der Waals surface area contributed by atoms with E-state index in [4.69, 9.17) is 0 Å². The molecule has 2 nitrogen and oxygen atoms in total. The largest absolute Gasteiger partial charge is 0.256 e. The molecule has 0 aliphatic carbocycles. The Morgan fingerprint density at radius 3 is 1.56 bits per heavy atom. The molecule has 0 amide bonds. The van der Waals surface area contributed by atoms with Crippen molar-refractivity contribution < 1.29 is 4.57 Å². The zero-order chi connectivity index (χ0) is 19.6. The monoisotopic (exact) mass is 377 g/mol. The van der Waals surface area contributed by atoms with E-state index in [9.17, 15) is 0 Å². The molecule has 27 heavy (non-hydrogen) atoms. The Hall–Kier alpha value is -0.790. The van der Waals surface area contributed by atoms with Gasteiger partial charge in [-0.05, 0) is 19.8 Å². The molecule has 158 valence electrons. The van der Waals surface area contributed by atoms with Crippen molar-refractivity contribution in [1.82, 2.24) is 4.57 Å². The van der Waals surface area contributed by atoms with Gasteiger partial charge in [-0.1, -0.05) is 104 Å². The maximum Gasteiger partial charge on any atom is 0.256 e. The Kier molecular flexibility index (Phi) is 15.6.